The summed E-state index contributed by atoms with van der Waals surface area (Å²) >= 11 is 0. The molecule has 1 unspecified atom stereocenters. The molecule has 1 heterocycles. The van der Waals surface area contributed by atoms with Crippen LogP contribution in [0.3, 0.4) is 0 Å². The average molecular weight is 308 g/mol. The first-order chi connectivity index (χ1) is 11.1. The minimum atomic E-state index is -0.923. The Kier molecular flexibility index (Phi) is 3.98. The third kappa shape index (κ3) is 2.75. The lowest BCUT2D eigenvalue weighted by molar-refractivity contribution is -0.138. The second-order valence-electron chi connectivity index (χ2n) is 5.36. The molecule has 3 rings (SSSR count). The molecule has 1 N–H and O–H groups in total. The van der Waals surface area contributed by atoms with Crippen molar-refractivity contribution in [2.75, 3.05) is 0 Å². The highest BCUT2D eigenvalue weighted by Gasteiger charge is 2.22. The van der Waals surface area contributed by atoms with Crippen molar-refractivity contribution in [1.82, 2.24) is 0 Å². The van der Waals surface area contributed by atoms with Gasteiger partial charge in [0.05, 0.1) is 11.3 Å². The molecule has 4 heteroatoms. The molecule has 1 aromatic heterocycles. The van der Waals surface area contributed by atoms with Crippen molar-refractivity contribution in [3.63, 3.8) is 0 Å². The molecular weight excluding hydrogens is 292 g/mol. The van der Waals surface area contributed by atoms with E-state index in [0.717, 1.165) is 5.56 Å². The molecule has 0 saturated carbocycles. The molecule has 0 bridgehead atoms. The molecule has 116 valence electrons. The van der Waals surface area contributed by atoms with Gasteiger partial charge < -0.3 is 9.52 Å². The first kappa shape index (κ1) is 15.0. The Morgan fingerprint density at radius 1 is 1.13 bits per heavy atom. The van der Waals surface area contributed by atoms with E-state index >= 15 is 0 Å². The minimum absolute atomic E-state index is 0.174. The van der Waals surface area contributed by atoms with E-state index in [1.807, 2.05) is 30.3 Å². The molecule has 0 aliphatic rings. The van der Waals surface area contributed by atoms with Gasteiger partial charge >= 0.3 is 5.97 Å². The van der Waals surface area contributed by atoms with Crippen molar-refractivity contribution in [2.45, 2.75) is 19.3 Å². The van der Waals surface area contributed by atoms with Crippen molar-refractivity contribution in [3.05, 3.63) is 70.4 Å². The number of carboxylic acid groups (broad SMARTS) is 1. The number of para-hydroxylation sites is 1. The standard InChI is InChI=1S/C19H16O4/c1-2-13(19(21)22)14-9-6-10-15-16(20)11-17(23-18(14)15)12-7-4-3-5-8-12/h3-11,13H,2H2,1H3,(H,21,22). The van der Waals surface area contributed by atoms with Crippen molar-refractivity contribution in [1.29, 1.82) is 0 Å². The summed E-state index contributed by atoms with van der Waals surface area (Å²) in [6.45, 7) is 1.80. The SMILES string of the molecule is CCC(C(=O)O)c1cccc2c(=O)cc(-c3ccccc3)oc12. The van der Waals surface area contributed by atoms with Gasteiger partial charge in [0.1, 0.15) is 11.3 Å². The second kappa shape index (κ2) is 6.08. The maximum absolute atomic E-state index is 12.4. The Morgan fingerprint density at radius 2 is 1.87 bits per heavy atom. The lowest BCUT2D eigenvalue weighted by Gasteiger charge is -2.13. The smallest absolute Gasteiger partial charge is 0.311 e. The number of hydrogen-bond acceptors (Lipinski definition) is 3. The molecule has 23 heavy (non-hydrogen) atoms. The lowest BCUT2D eigenvalue weighted by Crippen LogP contribution is -2.12. The Balaban J connectivity index is 2.30. The highest BCUT2D eigenvalue weighted by atomic mass is 16.4. The van der Waals surface area contributed by atoms with Gasteiger partial charge in [0, 0.05) is 17.2 Å². The zero-order valence-corrected chi connectivity index (χ0v) is 12.7. The third-order valence-electron chi connectivity index (χ3n) is 3.93. The predicted molar refractivity (Wildman–Crippen MR) is 88.6 cm³/mol. The van der Waals surface area contributed by atoms with E-state index in [1.165, 1.54) is 6.07 Å². The van der Waals surface area contributed by atoms with Gasteiger partial charge in [-0.3, -0.25) is 9.59 Å². The van der Waals surface area contributed by atoms with Crippen LogP contribution in [0.4, 0.5) is 0 Å². The van der Waals surface area contributed by atoms with Gasteiger partial charge in [-0.2, -0.15) is 0 Å². The fourth-order valence-corrected chi connectivity index (χ4v) is 2.75. The molecule has 4 nitrogen and oxygen atoms in total. The second-order valence-corrected chi connectivity index (χ2v) is 5.36. The lowest BCUT2D eigenvalue weighted by atomic mass is 9.94. The van der Waals surface area contributed by atoms with E-state index in [9.17, 15) is 14.7 Å². The number of fused-ring (bicyclic) bond motifs is 1. The zero-order chi connectivity index (χ0) is 16.4. The zero-order valence-electron chi connectivity index (χ0n) is 12.7. The first-order valence-corrected chi connectivity index (χ1v) is 7.46. The van der Waals surface area contributed by atoms with Crippen LogP contribution in [-0.4, -0.2) is 11.1 Å². The van der Waals surface area contributed by atoms with Crippen LogP contribution in [-0.2, 0) is 4.79 Å². The number of benzene rings is 2. The van der Waals surface area contributed by atoms with Crippen LogP contribution < -0.4 is 5.43 Å². The molecule has 0 saturated heterocycles. The van der Waals surface area contributed by atoms with E-state index in [2.05, 4.69) is 0 Å². The summed E-state index contributed by atoms with van der Waals surface area (Å²) in [5, 5.41) is 9.83. The number of carboxylic acids is 1. The maximum Gasteiger partial charge on any atom is 0.311 e. The van der Waals surface area contributed by atoms with E-state index in [-0.39, 0.29) is 5.43 Å². The van der Waals surface area contributed by atoms with Crippen molar-refractivity contribution >= 4 is 16.9 Å². The van der Waals surface area contributed by atoms with Crippen LogP contribution in [0.5, 0.6) is 0 Å². The van der Waals surface area contributed by atoms with Crippen LogP contribution in [0.2, 0.25) is 0 Å². The largest absolute Gasteiger partial charge is 0.481 e. The molecule has 0 aliphatic heterocycles. The van der Waals surface area contributed by atoms with Gasteiger partial charge in [0.2, 0.25) is 0 Å². The molecule has 0 radical (unpaired) electrons. The molecule has 0 spiro atoms. The van der Waals surface area contributed by atoms with Gasteiger partial charge in [0.15, 0.2) is 5.43 Å². The van der Waals surface area contributed by atoms with Crippen molar-refractivity contribution in [3.8, 4) is 11.3 Å². The highest BCUT2D eigenvalue weighted by molar-refractivity contribution is 5.87. The number of aliphatic carboxylic acids is 1. The number of rotatable bonds is 4. The van der Waals surface area contributed by atoms with Gasteiger partial charge in [-0.1, -0.05) is 49.4 Å². The Hall–Kier alpha value is -2.88. The Labute approximate surface area is 133 Å². The number of hydrogen-bond donors (Lipinski definition) is 1. The molecule has 0 aliphatic carbocycles. The average Bonchev–Trinajstić information content (AvgIpc) is 2.56. The van der Waals surface area contributed by atoms with Crippen LogP contribution in [0.1, 0.15) is 24.8 Å². The summed E-state index contributed by atoms with van der Waals surface area (Å²) in [4.78, 5) is 23.9. The summed E-state index contributed by atoms with van der Waals surface area (Å²) in [6, 6.07) is 15.8. The van der Waals surface area contributed by atoms with Crippen LogP contribution in [0.25, 0.3) is 22.3 Å². The summed E-state index contributed by atoms with van der Waals surface area (Å²) in [5.74, 6) is -1.18. The van der Waals surface area contributed by atoms with E-state index in [0.29, 0.717) is 28.7 Å². The molecule has 0 amide bonds. The van der Waals surface area contributed by atoms with Crippen molar-refractivity contribution in [2.24, 2.45) is 0 Å². The van der Waals surface area contributed by atoms with Gasteiger partial charge in [-0.05, 0) is 12.5 Å². The maximum atomic E-state index is 12.4. The van der Waals surface area contributed by atoms with Crippen LogP contribution >= 0.6 is 0 Å². The van der Waals surface area contributed by atoms with Gasteiger partial charge in [-0.15, -0.1) is 0 Å². The molecule has 2 aromatic carbocycles. The van der Waals surface area contributed by atoms with Gasteiger partial charge in [0.25, 0.3) is 0 Å². The minimum Gasteiger partial charge on any atom is -0.481 e. The van der Waals surface area contributed by atoms with E-state index in [1.54, 1.807) is 25.1 Å². The van der Waals surface area contributed by atoms with Crippen LogP contribution in [0.15, 0.2) is 63.8 Å². The predicted octanol–water partition coefficient (Wildman–Crippen LogP) is 4.04. The molecule has 1 atom stereocenters. The fourth-order valence-electron chi connectivity index (χ4n) is 2.75. The quantitative estimate of drug-likeness (QED) is 0.790. The van der Waals surface area contributed by atoms with Crippen molar-refractivity contribution < 1.29 is 14.3 Å². The summed E-state index contributed by atoms with van der Waals surface area (Å²) in [6.07, 6.45) is 0.424. The first-order valence-electron chi connectivity index (χ1n) is 7.46. The topological polar surface area (TPSA) is 67.5 Å². The van der Waals surface area contributed by atoms with E-state index < -0.39 is 11.9 Å². The molecule has 3 aromatic rings. The monoisotopic (exact) mass is 308 g/mol. The Morgan fingerprint density at radius 3 is 2.52 bits per heavy atom. The highest BCUT2D eigenvalue weighted by Crippen LogP contribution is 2.30. The van der Waals surface area contributed by atoms with E-state index in [4.69, 9.17) is 4.42 Å². The van der Waals surface area contributed by atoms with Crippen LogP contribution in [0, 0.1) is 0 Å². The summed E-state index contributed by atoms with van der Waals surface area (Å²) in [7, 11) is 0. The Bertz CT molecular complexity index is 910. The third-order valence-corrected chi connectivity index (χ3v) is 3.93. The summed E-state index contributed by atoms with van der Waals surface area (Å²) < 4.78 is 5.93. The normalized spacial score (nSPS) is 12.2. The molecule has 0 fully saturated rings. The van der Waals surface area contributed by atoms with Gasteiger partial charge in [-0.25, -0.2) is 0 Å². The number of carbonyl (C=O) groups is 1. The summed E-state index contributed by atoms with van der Waals surface area (Å²) in [5.41, 5.74) is 1.50. The fraction of sp³-hybridized carbons (Fsp3) is 0.158. The molecular formula is C19H16O4.